The van der Waals surface area contributed by atoms with Crippen LogP contribution in [0.4, 0.5) is 0 Å². The van der Waals surface area contributed by atoms with Gasteiger partial charge >= 0.3 is 0 Å². The fourth-order valence-corrected chi connectivity index (χ4v) is 4.31. The van der Waals surface area contributed by atoms with E-state index in [2.05, 4.69) is 26.1 Å². The molecule has 20 heavy (non-hydrogen) atoms. The maximum atomic E-state index is 12.4. The first-order chi connectivity index (χ1) is 9.29. The van der Waals surface area contributed by atoms with E-state index in [4.69, 9.17) is 0 Å². The molecule has 3 nitrogen and oxygen atoms in total. The van der Waals surface area contributed by atoms with Crippen LogP contribution in [0.2, 0.25) is 0 Å². The van der Waals surface area contributed by atoms with Gasteiger partial charge in [-0.15, -0.1) is 0 Å². The molecule has 1 aliphatic heterocycles. The van der Waals surface area contributed by atoms with Crippen LogP contribution in [0.15, 0.2) is 29.2 Å². The van der Waals surface area contributed by atoms with Gasteiger partial charge in [-0.3, -0.25) is 0 Å². The molecule has 0 bridgehead atoms. The zero-order valence-electron chi connectivity index (χ0n) is 12.6. The summed E-state index contributed by atoms with van der Waals surface area (Å²) in [6.07, 6.45) is 1.92. The fourth-order valence-electron chi connectivity index (χ4n) is 2.62. The number of rotatable bonds is 3. The fraction of sp³-hybridized carbons (Fsp3) is 0.625. The summed E-state index contributed by atoms with van der Waals surface area (Å²) in [5, 5.41) is 3.27. The van der Waals surface area contributed by atoms with Gasteiger partial charge in [0.15, 0.2) is 9.84 Å². The molecule has 0 aromatic heterocycles. The molecule has 0 spiro atoms. The molecule has 1 aromatic carbocycles. The normalized spacial score (nSPS) is 18.1. The summed E-state index contributed by atoms with van der Waals surface area (Å²) in [4.78, 5) is 0.462. The first kappa shape index (κ1) is 15.5. The second kappa shape index (κ2) is 5.86. The summed E-state index contributed by atoms with van der Waals surface area (Å²) in [6, 6.07) is 7.40. The van der Waals surface area contributed by atoms with Crippen molar-refractivity contribution in [1.82, 2.24) is 5.32 Å². The van der Waals surface area contributed by atoms with Crippen molar-refractivity contribution >= 4 is 9.84 Å². The highest BCUT2D eigenvalue weighted by molar-refractivity contribution is 7.91. The lowest BCUT2D eigenvalue weighted by Gasteiger charge is -2.23. The third-order valence-corrected chi connectivity index (χ3v) is 5.89. The van der Waals surface area contributed by atoms with Gasteiger partial charge in [-0.25, -0.2) is 8.42 Å². The molecule has 0 amide bonds. The van der Waals surface area contributed by atoms with Crippen molar-refractivity contribution in [2.45, 2.75) is 43.9 Å². The smallest absolute Gasteiger partial charge is 0.178 e. The van der Waals surface area contributed by atoms with E-state index in [9.17, 15) is 8.42 Å². The molecule has 2 rings (SSSR count). The summed E-state index contributed by atoms with van der Waals surface area (Å²) < 4.78 is 24.9. The summed E-state index contributed by atoms with van der Waals surface area (Å²) in [5.41, 5.74) is 1.22. The van der Waals surface area contributed by atoms with Gasteiger partial charge in [0.2, 0.25) is 0 Å². The Labute approximate surface area is 122 Å². The average molecular weight is 295 g/mol. The molecular formula is C16H25NO2S. The van der Waals surface area contributed by atoms with Crippen molar-refractivity contribution in [2.24, 2.45) is 5.92 Å². The van der Waals surface area contributed by atoms with Crippen molar-refractivity contribution in [2.75, 3.05) is 18.8 Å². The lowest BCUT2D eigenvalue weighted by molar-refractivity contribution is 0.401. The van der Waals surface area contributed by atoms with Gasteiger partial charge in [0, 0.05) is 0 Å². The van der Waals surface area contributed by atoms with Crippen molar-refractivity contribution in [3.8, 4) is 0 Å². The zero-order valence-corrected chi connectivity index (χ0v) is 13.5. The van der Waals surface area contributed by atoms with E-state index in [-0.39, 0.29) is 11.2 Å². The first-order valence-electron chi connectivity index (χ1n) is 7.33. The molecule has 112 valence electrons. The lowest BCUT2D eigenvalue weighted by Crippen LogP contribution is -2.31. The Bertz CT molecular complexity index is 535. The quantitative estimate of drug-likeness (QED) is 0.932. The van der Waals surface area contributed by atoms with Crippen LogP contribution in [-0.4, -0.2) is 27.3 Å². The minimum atomic E-state index is -3.15. The van der Waals surface area contributed by atoms with Gasteiger partial charge in [-0.1, -0.05) is 32.9 Å². The molecule has 1 aromatic rings. The third kappa shape index (κ3) is 3.83. The molecule has 0 atom stereocenters. The Kier molecular flexibility index (Phi) is 4.55. The Morgan fingerprint density at radius 3 is 2.15 bits per heavy atom. The van der Waals surface area contributed by atoms with E-state index in [1.54, 1.807) is 12.1 Å². The number of sulfone groups is 1. The predicted octanol–water partition coefficient (Wildman–Crippen LogP) is 2.76. The molecule has 1 N–H and O–H groups in total. The van der Waals surface area contributed by atoms with Crippen LogP contribution in [0.25, 0.3) is 0 Å². The molecule has 1 aliphatic rings. The number of hydrogen-bond acceptors (Lipinski definition) is 3. The number of piperidine rings is 1. The third-order valence-electron chi connectivity index (χ3n) is 3.99. The van der Waals surface area contributed by atoms with Crippen LogP contribution < -0.4 is 5.32 Å². The molecule has 0 unspecified atom stereocenters. The van der Waals surface area contributed by atoms with E-state index in [0.29, 0.717) is 10.8 Å². The highest BCUT2D eigenvalue weighted by Crippen LogP contribution is 2.25. The van der Waals surface area contributed by atoms with Crippen LogP contribution in [0.1, 0.15) is 39.2 Å². The van der Waals surface area contributed by atoms with Gasteiger partial charge in [0.1, 0.15) is 0 Å². The van der Waals surface area contributed by atoms with E-state index < -0.39 is 9.84 Å². The topological polar surface area (TPSA) is 46.2 Å². The highest BCUT2D eigenvalue weighted by atomic mass is 32.2. The zero-order chi connectivity index (χ0) is 14.8. The lowest BCUT2D eigenvalue weighted by atomic mass is 9.87. The number of hydrogen-bond donors (Lipinski definition) is 1. The molecule has 4 heteroatoms. The molecule has 0 radical (unpaired) electrons. The predicted molar refractivity (Wildman–Crippen MR) is 82.8 cm³/mol. The highest BCUT2D eigenvalue weighted by Gasteiger charge is 2.23. The van der Waals surface area contributed by atoms with Crippen molar-refractivity contribution in [3.05, 3.63) is 29.8 Å². The maximum absolute atomic E-state index is 12.4. The molecule has 1 saturated heterocycles. The molecule has 1 fully saturated rings. The van der Waals surface area contributed by atoms with E-state index in [1.165, 1.54) is 5.56 Å². The van der Waals surface area contributed by atoms with Gasteiger partial charge in [0.25, 0.3) is 0 Å². The second-order valence-corrected chi connectivity index (χ2v) is 8.78. The van der Waals surface area contributed by atoms with E-state index in [0.717, 1.165) is 25.9 Å². The molecular weight excluding hydrogens is 270 g/mol. The summed E-state index contributed by atoms with van der Waals surface area (Å²) >= 11 is 0. The van der Waals surface area contributed by atoms with Crippen LogP contribution in [0, 0.1) is 5.92 Å². The summed E-state index contributed by atoms with van der Waals surface area (Å²) in [6.45, 7) is 8.26. The standard InChI is InChI=1S/C16H25NO2S/c1-16(2,3)14-4-6-15(7-5-14)20(18,19)12-13-8-10-17-11-9-13/h4-7,13,17H,8-12H2,1-3H3. The Morgan fingerprint density at radius 2 is 1.65 bits per heavy atom. The van der Waals surface area contributed by atoms with Gasteiger partial charge in [0.05, 0.1) is 10.6 Å². The summed E-state index contributed by atoms with van der Waals surface area (Å²) in [7, 11) is -3.15. The largest absolute Gasteiger partial charge is 0.317 e. The minimum absolute atomic E-state index is 0.0529. The van der Waals surface area contributed by atoms with Crippen molar-refractivity contribution < 1.29 is 8.42 Å². The van der Waals surface area contributed by atoms with Gasteiger partial charge in [-0.05, 0) is 55.0 Å². The second-order valence-electron chi connectivity index (χ2n) is 6.75. The molecule has 0 saturated carbocycles. The van der Waals surface area contributed by atoms with Crippen LogP contribution in [0.3, 0.4) is 0 Å². The number of nitrogens with one attached hydrogen (secondary N) is 1. The van der Waals surface area contributed by atoms with E-state index >= 15 is 0 Å². The minimum Gasteiger partial charge on any atom is -0.317 e. The Hall–Kier alpha value is -0.870. The van der Waals surface area contributed by atoms with Crippen molar-refractivity contribution in [3.63, 3.8) is 0 Å². The molecule has 0 aliphatic carbocycles. The Morgan fingerprint density at radius 1 is 1.10 bits per heavy atom. The Balaban J connectivity index is 2.13. The van der Waals surface area contributed by atoms with E-state index in [1.807, 2.05) is 12.1 Å². The molecule has 1 heterocycles. The van der Waals surface area contributed by atoms with Crippen LogP contribution in [-0.2, 0) is 15.3 Å². The van der Waals surface area contributed by atoms with Gasteiger partial charge < -0.3 is 5.32 Å². The summed E-state index contributed by atoms with van der Waals surface area (Å²) in [5.74, 6) is 0.576. The average Bonchev–Trinajstić information content (AvgIpc) is 2.38. The first-order valence-corrected chi connectivity index (χ1v) is 8.98. The van der Waals surface area contributed by atoms with Crippen LogP contribution in [0.5, 0.6) is 0 Å². The monoisotopic (exact) mass is 295 g/mol. The maximum Gasteiger partial charge on any atom is 0.178 e. The SMILES string of the molecule is CC(C)(C)c1ccc(S(=O)(=O)CC2CCNCC2)cc1. The number of benzene rings is 1. The van der Waals surface area contributed by atoms with Gasteiger partial charge in [-0.2, -0.15) is 0 Å². The van der Waals surface area contributed by atoms with Crippen molar-refractivity contribution in [1.29, 1.82) is 0 Å². The van der Waals surface area contributed by atoms with Crippen LogP contribution >= 0.6 is 0 Å².